The van der Waals surface area contributed by atoms with E-state index in [0.717, 1.165) is 17.7 Å². The lowest BCUT2D eigenvalue weighted by atomic mass is 9.81. The van der Waals surface area contributed by atoms with Crippen LogP contribution in [0.15, 0.2) is 0 Å². The molecule has 0 aromatic heterocycles. The molecule has 20 heavy (non-hydrogen) atoms. The number of amides is 4. The van der Waals surface area contributed by atoms with Crippen LogP contribution in [0, 0.1) is 11.8 Å². The Morgan fingerprint density at radius 2 is 1.55 bits per heavy atom. The number of fused-ring (bicyclic) bond motifs is 5. The first-order valence-corrected chi connectivity index (χ1v) is 6.94. The molecule has 7 nitrogen and oxygen atoms in total. The van der Waals surface area contributed by atoms with Crippen LogP contribution in [0.25, 0.3) is 0 Å². The van der Waals surface area contributed by atoms with Crippen molar-refractivity contribution in [1.29, 1.82) is 0 Å². The summed E-state index contributed by atoms with van der Waals surface area (Å²) in [5.74, 6) is -2.35. The summed E-state index contributed by atoms with van der Waals surface area (Å²) in [6.07, 6.45) is 1.62. The molecule has 0 radical (unpaired) electrons. The molecule has 1 N–H and O–H groups in total. The summed E-state index contributed by atoms with van der Waals surface area (Å²) in [6.45, 7) is 0. The Morgan fingerprint density at radius 3 is 2.10 bits per heavy atom. The topological polar surface area (TPSA) is 92.8 Å². The van der Waals surface area contributed by atoms with E-state index in [1.807, 2.05) is 0 Å². The highest BCUT2D eigenvalue weighted by atomic mass is 16.5. The molecule has 2 bridgehead atoms. The van der Waals surface area contributed by atoms with Gasteiger partial charge in [0, 0.05) is 6.42 Å². The average Bonchev–Trinajstić information content (AvgIpc) is 3.06. The van der Waals surface area contributed by atoms with Gasteiger partial charge in [-0.1, -0.05) is 0 Å². The quantitative estimate of drug-likeness (QED) is 0.618. The van der Waals surface area contributed by atoms with Gasteiger partial charge in [0.15, 0.2) is 0 Å². The van der Waals surface area contributed by atoms with Gasteiger partial charge in [-0.05, 0) is 19.3 Å². The van der Waals surface area contributed by atoms with E-state index >= 15 is 0 Å². The van der Waals surface area contributed by atoms with Crippen molar-refractivity contribution in [2.24, 2.45) is 11.8 Å². The maximum Gasteiger partial charge on any atom is 0.249 e. The summed E-state index contributed by atoms with van der Waals surface area (Å²) in [4.78, 5) is 49.1. The molecule has 4 fully saturated rings. The van der Waals surface area contributed by atoms with Gasteiger partial charge in [-0.2, -0.15) is 0 Å². The van der Waals surface area contributed by atoms with Crippen LogP contribution in [0.5, 0.6) is 0 Å². The fraction of sp³-hybridized carbons (Fsp3) is 0.692. The second-order valence-corrected chi connectivity index (χ2v) is 5.86. The van der Waals surface area contributed by atoms with E-state index in [-0.39, 0.29) is 42.8 Å². The van der Waals surface area contributed by atoms with Gasteiger partial charge in [-0.3, -0.25) is 29.4 Å². The van der Waals surface area contributed by atoms with Gasteiger partial charge in [0.25, 0.3) is 0 Å². The minimum Gasteiger partial charge on any atom is -0.373 e. The maximum absolute atomic E-state index is 12.5. The number of piperidine rings is 1. The highest BCUT2D eigenvalue weighted by Gasteiger charge is 2.64. The smallest absolute Gasteiger partial charge is 0.249 e. The van der Waals surface area contributed by atoms with Gasteiger partial charge >= 0.3 is 0 Å². The van der Waals surface area contributed by atoms with Crippen molar-refractivity contribution in [3.05, 3.63) is 0 Å². The van der Waals surface area contributed by atoms with E-state index in [9.17, 15) is 19.2 Å². The van der Waals surface area contributed by atoms with E-state index in [0.29, 0.717) is 0 Å². The number of hydrogen-bond donors (Lipinski definition) is 1. The zero-order valence-electron chi connectivity index (χ0n) is 10.7. The third kappa shape index (κ3) is 1.38. The van der Waals surface area contributed by atoms with Gasteiger partial charge in [0.2, 0.25) is 23.6 Å². The van der Waals surface area contributed by atoms with Crippen molar-refractivity contribution < 1.29 is 23.9 Å². The van der Waals surface area contributed by atoms with Gasteiger partial charge in [0.1, 0.15) is 6.04 Å². The van der Waals surface area contributed by atoms with Crippen molar-refractivity contribution >= 4 is 23.6 Å². The van der Waals surface area contributed by atoms with Crippen LogP contribution in [0.4, 0.5) is 0 Å². The second-order valence-electron chi connectivity index (χ2n) is 5.86. The van der Waals surface area contributed by atoms with Crippen LogP contribution in [-0.2, 0) is 23.9 Å². The number of nitrogens with zero attached hydrogens (tertiary/aromatic N) is 1. The lowest BCUT2D eigenvalue weighted by Gasteiger charge is -2.29. The minimum absolute atomic E-state index is 0.159. The number of rotatable bonds is 1. The van der Waals surface area contributed by atoms with Gasteiger partial charge in [-0.25, -0.2) is 0 Å². The summed E-state index contributed by atoms with van der Waals surface area (Å²) in [6, 6.07) is -0.835. The van der Waals surface area contributed by atoms with E-state index in [2.05, 4.69) is 5.32 Å². The average molecular weight is 278 g/mol. The number of nitrogens with one attached hydrogen (secondary N) is 1. The molecule has 0 spiro atoms. The molecule has 0 aliphatic carbocycles. The molecule has 106 valence electrons. The molecule has 0 saturated carbocycles. The molecule has 4 amide bonds. The van der Waals surface area contributed by atoms with Crippen LogP contribution in [0.3, 0.4) is 0 Å². The fourth-order valence-corrected chi connectivity index (χ4v) is 3.97. The second kappa shape index (κ2) is 3.88. The van der Waals surface area contributed by atoms with Crippen molar-refractivity contribution in [1.82, 2.24) is 10.2 Å². The first-order chi connectivity index (χ1) is 9.58. The number of imide groups is 2. The Morgan fingerprint density at radius 1 is 0.950 bits per heavy atom. The number of ether oxygens (including phenoxy) is 1. The molecule has 4 aliphatic heterocycles. The molecule has 7 heteroatoms. The van der Waals surface area contributed by atoms with Crippen LogP contribution in [-0.4, -0.2) is 46.8 Å². The fourth-order valence-electron chi connectivity index (χ4n) is 3.97. The SMILES string of the molecule is O=C1CC[C@@H](N2C(=O)[C@@H]3[C@H](C2=O)[C@H]2CC[C@H]3O2)C(=O)N1. The third-order valence-corrected chi connectivity index (χ3v) is 4.84. The van der Waals surface area contributed by atoms with Gasteiger partial charge in [0.05, 0.1) is 24.0 Å². The van der Waals surface area contributed by atoms with Crippen molar-refractivity contribution in [3.63, 3.8) is 0 Å². The van der Waals surface area contributed by atoms with E-state index in [4.69, 9.17) is 4.74 Å². The Kier molecular flexibility index (Phi) is 2.33. The molecule has 0 unspecified atom stereocenters. The largest absolute Gasteiger partial charge is 0.373 e. The lowest BCUT2D eigenvalue weighted by Crippen LogP contribution is -2.55. The predicted octanol–water partition coefficient (Wildman–Crippen LogP) is -1.05. The van der Waals surface area contributed by atoms with Gasteiger partial charge in [-0.15, -0.1) is 0 Å². The normalized spacial score (nSPS) is 43.2. The Balaban J connectivity index is 1.64. The first-order valence-electron chi connectivity index (χ1n) is 6.94. The number of carbonyl (C=O) groups excluding carboxylic acids is 4. The minimum atomic E-state index is -0.835. The number of hydrogen-bond acceptors (Lipinski definition) is 5. The standard InChI is InChI=1S/C13H14N2O5/c16-8-4-1-5(11(17)14-8)15-12(18)9-6-2-3-7(20-6)10(9)13(15)19/h5-7,9-10H,1-4H2,(H,14,16,17)/t5-,6-,7-,9-,10+/m1/s1. The summed E-state index contributed by atoms with van der Waals surface area (Å²) in [7, 11) is 0. The molecule has 4 saturated heterocycles. The highest BCUT2D eigenvalue weighted by Crippen LogP contribution is 2.49. The van der Waals surface area contributed by atoms with Crippen LogP contribution >= 0.6 is 0 Å². The predicted molar refractivity (Wildman–Crippen MR) is 62.9 cm³/mol. The van der Waals surface area contributed by atoms with E-state index in [1.54, 1.807) is 0 Å². The number of likely N-dealkylation sites (tertiary alicyclic amines) is 1. The summed E-state index contributed by atoms with van der Waals surface area (Å²) in [5.41, 5.74) is 0. The molecule has 5 atom stereocenters. The zero-order chi connectivity index (χ0) is 14.0. The molecular formula is C13H14N2O5. The van der Waals surface area contributed by atoms with Crippen molar-refractivity contribution in [3.8, 4) is 0 Å². The van der Waals surface area contributed by atoms with Crippen LogP contribution < -0.4 is 5.32 Å². The van der Waals surface area contributed by atoms with Crippen molar-refractivity contribution in [2.45, 2.75) is 43.9 Å². The number of carbonyl (C=O) groups is 4. The van der Waals surface area contributed by atoms with Gasteiger partial charge < -0.3 is 4.74 Å². The molecule has 0 aromatic rings. The molecule has 4 heterocycles. The Hall–Kier alpha value is -1.76. The lowest BCUT2D eigenvalue weighted by molar-refractivity contribution is -0.153. The summed E-state index contributed by atoms with van der Waals surface area (Å²) in [5, 5.41) is 2.20. The monoisotopic (exact) mass is 278 g/mol. The zero-order valence-corrected chi connectivity index (χ0v) is 10.7. The first kappa shape index (κ1) is 12.0. The highest BCUT2D eigenvalue weighted by molar-refractivity contribution is 6.11. The Labute approximate surface area is 114 Å². The summed E-state index contributed by atoms with van der Waals surface area (Å²) >= 11 is 0. The molecular weight excluding hydrogens is 264 g/mol. The third-order valence-electron chi connectivity index (χ3n) is 4.84. The summed E-state index contributed by atoms with van der Waals surface area (Å²) < 4.78 is 5.64. The molecule has 4 aliphatic rings. The molecule has 0 aromatic carbocycles. The van der Waals surface area contributed by atoms with Crippen LogP contribution in [0.1, 0.15) is 25.7 Å². The van der Waals surface area contributed by atoms with E-state index in [1.165, 1.54) is 0 Å². The van der Waals surface area contributed by atoms with E-state index < -0.39 is 23.8 Å². The van der Waals surface area contributed by atoms with Crippen LogP contribution in [0.2, 0.25) is 0 Å². The molecule has 4 rings (SSSR count). The van der Waals surface area contributed by atoms with Crippen molar-refractivity contribution in [2.75, 3.05) is 0 Å². The Bertz CT molecular complexity index is 517. The maximum atomic E-state index is 12.5.